The molecular weight excluding hydrogens is 456 g/mol. The lowest BCUT2D eigenvalue weighted by Crippen LogP contribution is -2.30. The van der Waals surface area contributed by atoms with Gasteiger partial charge in [-0.15, -0.1) is 0 Å². The van der Waals surface area contributed by atoms with Crippen LogP contribution in [0.5, 0.6) is 0 Å². The van der Waals surface area contributed by atoms with Crippen LogP contribution in [-0.4, -0.2) is 28.2 Å². The van der Waals surface area contributed by atoms with Crippen LogP contribution in [0.2, 0.25) is 0 Å². The fourth-order valence-corrected chi connectivity index (χ4v) is 6.60. The predicted molar refractivity (Wildman–Crippen MR) is 155 cm³/mol. The van der Waals surface area contributed by atoms with Crippen LogP contribution in [0.15, 0.2) is 59.3 Å². The van der Waals surface area contributed by atoms with Crippen LogP contribution >= 0.6 is 0 Å². The molecule has 5 unspecified atom stereocenters. The number of aliphatic hydroxyl groups is 2. The van der Waals surface area contributed by atoms with Crippen molar-refractivity contribution in [1.82, 2.24) is 0 Å². The molecule has 3 aliphatic carbocycles. The number of aliphatic hydroxyl groups excluding tert-OH is 2. The molecule has 3 rings (SSSR count). The lowest BCUT2D eigenvalue weighted by atomic mass is 9.65. The first-order chi connectivity index (χ1) is 17.4. The van der Waals surface area contributed by atoms with Crippen LogP contribution in [0.3, 0.4) is 0 Å². The third-order valence-electron chi connectivity index (χ3n) is 9.59. The van der Waals surface area contributed by atoms with Crippen molar-refractivity contribution >= 4 is 5.78 Å². The van der Waals surface area contributed by atoms with Gasteiger partial charge >= 0.3 is 0 Å². The first kappa shape index (κ1) is 29.8. The first-order valence-corrected chi connectivity index (χ1v) is 14.7. The molecule has 0 spiro atoms. The zero-order valence-corrected chi connectivity index (χ0v) is 24.4. The summed E-state index contributed by atoms with van der Waals surface area (Å²) in [6.45, 7) is 15.1. The molecule has 0 aromatic heterocycles. The van der Waals surface area contributed by atoms with E-state index in [1.807, 2.05) is 38.2 Å². The summed E-state index contributed by atoms with van der Waals surface area (Å²) >= 11 is 0. The number of carbonyl (C=O) groups is 1. The van der Waals surface area contributed by atoms with E-state index in [0.717, 1.165) is 42.7 Å². The van der Waals surface area contributed by atoms with Gasteiger partial charge < -0.3 is 10.2 Å². The fraction of sp³-hybridized carbons (Fsp3) is 0.676. The Bertz CT molecular complexity index is 942. The Morgan fingerprint density at radius 2 is 1.78 bits per heavy atom. The molecular formula is C34H52O3. The minimum absolute atomic E-state index is 0.0350. The van der Waals surface area contributed by atoms with Crippen molar-refractivity contribution in [3.8, 4) is 0 Å². The zero-order chi connectivity index (χ0) is 27.3. The van der Waals surface area contributed by atoms with Crippen molar-refractivity contribution in [1.29, 1.82) is 0 Å². The van der Waals surface area contributed by atoms with Crippen LogP contribution in [0.25, 0.3) is 0 Å². The van der Waals surface area contributed by atoms with Crippen LogP contribution in [0.4, 0.5) is 0 Å². The number of allylic oxidation sites excluding steroid dienone is 7. The molecule has 0 bridgehead atoms. The van der Waals surface area contributed by atoms with Crippen LogP contribution < -0.4 is 0 Å². The SMILES string of the molecule is CC1=CCC([C@H]2CCC(C(=O)[C@H](/C=C/C(O)C3C=CC=C(C(C)C(C)O)C3)C(C)C)=CCC2(C)C)CC1. The van der Waals surface area contributed by atoms with E-state index in [0.29, 0.717) is 5.92 Å². The first-order valence-electron chi connectivity index (χ1n) is 14.7. The average molecular weight is 509 g/mol. The number of hydrogen-bond acceptors (Lipinski definition) is 3. The Balaban J connectivity index is 1.67. The van der Waals surface area contributed by atoms with Gasteiger partial charge in [0.2, 0.25) is 0 Å². The number of ketones is 1. The topological polar surface area (TPSA) is 57.5 Å². The smallest absolute Gasteiger partial charge is 0.165 e. The summed E-state index contributed by atoms with van der Waals surface area (Å²) in [5.74, 6) is 1.57. The summed E-state index contributed by atoms with van der Waals surface area (Å²) in [6.07, 6.45) is 20.8. The fourth-order valence-electron chi connectivity index (χ4n) is 6.60. The van der Waals surface area contributed by atoms with E-state index >= 15 is 0 Å². The predicted octanol–water partition coefficient (Wildman–Crippen LogP) is 7.76. The summed E-state index contributed by atoms with van der Waals surface area (Å²) in [4.78, 5) is 13.8. The maximum atomic E-state index is 13.8. The van der Waals surface area contributed by atoms with Crippen molar-refractivity contribution in [2.75, 3.05) is 0 Å². The second kappa shape index (κ2) is 12.9. The Kier molecular flexibility index (Phi) is 10.4. The van der Waals surface area contributed by atoms with E-state index in [2.05, 4.69) is 52.8 Å². The standard InChI is InChI=1S/C34H52O3/c1-22(2)30(16-18-32(36)29-10-8-9-28(21-29)24(4)25(5)35)33(37)27-15-17-31(34(6,7)20-19-27)26-13-11-23(3)12-14-26/h8-11,16,18-19,22,24-26,29-32,35-36H,12-15,17,20-21H2,1-7H3/b18-16+/t24?,25?,26?,29?,30-,31-,32?/m1/s1. The van der Waals surface area contributed by atoms with Gasteiger partial charge in [0.05, 0.1) is 12.2 Å². The van der Waals surface area contributed by atoms with Gasteiger partial charge in [0.25, 0.3) is 0 Å². The van der Waals surface area contributed by atoms with E-state index in [9.17, 15) is 15.0 Å². The molecule has 0 radical (unpaired) electrons. The number of hydrogen-bond donors (Lipinski definition) is 2. The van der Waals surface area contributed by atoms with Gasteiger partial charge in [-0.05, 0) is 87.5 Å². The highest BCUT2D eigenvalue weighted by atomic mass is 16.3. The average Bonchev–Trinajstić information content (AvgIpc) is 3.01. The molecule has 0 aromatic carbocycles. The number of rotatable bonds is 9. The zero-order valence-electron chi connectivity index (χ0n) is 24.4. The highest BCUT2D eigenvalue weighted by Gasteiger charge is 2.38. The normalized spacial score (nSPS) is 29.7. The molecule has 7 atom stereocenters. The molecule has 37 heavy (non-hydrogen) atoms. The van der Waals surface area contributed by atoms with E-state index < -0.39 is 12.2 Å². The second-order valence-electron chi connectivity index (χ2n) is 13.2. The molecule has 0 fully saturated rings. The summed E-state index contributed by atoms with van der Waals surface area (Å²) in [7, 11) is 0. The third-order valence-corrected chi connectivity index (χ3v) is 9.59. The van der Waals surface area contributed by atoms with Gasteiger partial charge in [-0.1, -0.05) is 88.3 Å². The highest BCUT2D eigenvalue weighted by Crippen LogP contribution is 2.47. The molecule has 0 amide bonds. The molecule has 0 saturated heterocycles. The molecule has 3 heteroatoms. The van der Waals surface area contributed by atoms with Crippen molar-refractivity contribution < 1.29 is 15.0 Å². The van der Waals surface area contributed by atoms with Crippen molar-refractivity contribution in [3.05, 3.63) is 59.3 Å². The highest BCUT2D eigenvalue weighted by molar-refractivity contribution is 5.98. The van der Waals surface area contributed by atoms with E-state index in [1.165, 1.54) is 24.8 Å². The van der Waals surface area contributed by atoms with Crippen molar-refractivity contribution in [2.45, 2.75) is 106 Å². The quantitative estimate of drug-likeness (QED) is 0.313. The molecule has 206 valence electrons. The maximum absolute atomic E-state index is 13.8. The molecule has 0 aromatic rings. The van der Waals surface area contributed by atoms with Crippen molar-refractivity contribution in [2.24, 2.45) is 40.9 Å². The lowest BCUT2D eigenvalue weighted by Gasteiger charge is -2.39. The molecule has 2 N–H and O–H groups in total. The Morgan fingerprint density at radius 1 is 1.05 bits per heavy atom. The third kappa shape index (κ3) is 7.67. The Morgan fingerprint density at radius 3 is 2.41 bits per heavy atom. The molecule has 0 heterocycles. The van der Waals surface area contributed by atoms with E-state index in [4.69, 9.17) is 0 Å². The summed E-state index contributed by atoms with van der Waals surface area (Å²) in [5, 5.41) is 21.0. The Hall–Kier alpha value is -1.71. The lowest BCUT2D eigenvalue weighted by molar-refractivity contribution is -0.119. The minimum Gasteiger partial charge on any atom is -0.393 e. The maximum Gasteiger partial charge on any atom is 0.165 e. The molecule has 3 aliphatic rings. The summed E-state index contributed by atoms with van der Waals surface area (Å²) < 4.78 is 0. The summed E-state index contributed by atoms with van der Waals surface area (Å²) in [5.41, 5.74) is 3.88. The van der Waals surface area contributed by atoms with E-state index in [1.54, 1.807) is 0 Å². The van der Waals surface area contributed by atoms with Gasteiger partial charge in [0.15, 0.2) is 5.78 Å². The van der Waals surface area contributed by atoms with Gasteiger partial charge in [-0.2, -0.15) is 0 Å². The van der Waals surface area contributed by atoms with E-state index in [-0.39, 0.29) is 34.9 Å². The largest absolute Gasteiger partial charge is 0.393 e. The molecule has 0 saturated carbocycles. The summed E-state index contributed by atoms with van der Waals surface area (Å²) in [6, 6.07) is 0. The van der Waals surface area contributed by atoms with Gasteiger partial charge in [0, 0.05) is 17.8 Å². The minimum atomic E-state index is -0.649. The van der Waals surface area contributed by atoms with Crippen LogP contribution in [0, 0.1) is 40.9 Å². The monoisotopic (exact) mass is 508 g/mol. The Labute approximate surface area is 226 Å². The van der Waals surface area contributed by atoms with Crippen molar-refractivity contribution in [3.63, 3.8) is 0 Å². The molecule has 0 aliphatic heterocycles. The number of carbonyl (C=O) groups excluding carboxylic acids is 1. The van der Waals surface area contributed by atoms with Gasteiger partial charge in [-0.25, -0.2) is 0 Å². The van der Waals surface area contributed by atoms with Gasteiger partial charge in [0.1, 0.15) is 0 Å². The number of Topliss-reactive ketones (excluding diaryl/α,β-unsaturated/α-hetero) is 1. The molecule has 3 nitrogen and oxygen atoms in total. The van der Waals surface area contributed by atoms with Crippen LogP contribution in [-0.2, 0) is 4.79 Å². The van der Waals surface area contributed by atoms with Gasteiger partial charge in [-0.3, -0.25) is 4.79 Å². The van der Waals surface area contributed by atoms with Crippen LogP contribution in [0.1, 0.15) is 93.4 Å². The second-order valence-corrected chi connectivity index (χ2v) is 13.2.